The first-order valence-electron chi connectivity index (χ1n) is 5.49. The van der Waals surface area contributed by atoms with Crippen molar-refractivity contribution in [3.63, 3.8) is 0 Å². The lowest BCUT2D eigenvalue weighted by molar-refractivity contribution is 0.339. The van der Waals surface area contributed by atoms with Gasteiger partial charge in [0.2, 0.25) is 0 Å². The maximum absolute atomic E-state index is 5.83. The quantitative estimate of drug-likeness (QED) is 0.822. The molecule has 1 saturated heterocycles. The lowest BCUT2D eigenvalue weighted by Gasteiger charge is -2.30. The third kappa shape index (κ3) is 3.11. The summed E-state index contributed by atoms with van der Waals surface area (Å²) in [5.74, 6) is 0. The van der Waals surface area contributed by atoms with Gasteiger partial charge in [0, 0.05) is 22.8 Å². The molecule has 82 valence electrons. The highest BCUT2D eigenvalue weighted by atomic mass is 35.5. The molecule has 15 heavy (non-hydrogen) atoms. The van der Waals surface area contributed by atoms with Crippen LogP contribution in [-0.4, -0.2) is 18.6 Å². The first kappa shape index (κ1) is 10.8. The summed E-state index contributed by atoms with van der Waals surface area (Å²) in [6, 6.07) is 9.08. The van der Waals surface area contributed by atoms with Crippen molar-refractivity contribution in [2.75, 3.05) is 11.9 Å². The average molecular weight is 225 g/mol. The van der Waals surface area contributed by atoms with Gasteiger partial charge in [-0.1, -0.05) is 11.6 Å². The van der Waals surface area contributed by atoms with Gasteiger partial charge in [-0.2, -0.15) is 0 Å². The summed E-state index contributed by atoms with van der Waals surface area (Å²) < 4.78 is 0. The molecule has 1 fully saturated rings. The van der Waals surface area contributed by atoms with Crippen LogP contribution in [0.1, 0.15) is 19.8 Å². The van der Waals surface area contributed by atoms with Crippen LogP contribution in [0.2, 0.25) is 5.02 Å². The number of hydrogen-bond donors (Lipinski definition) is 2. The molecule has 1 aliphatic heterocycles. The summed E-state index contributed by atoms with van der Waals surface area (Å²) in [6.45, 7) is 3.40. The van der Waals surface area contributed by atoms with Crippen molar-refractivity contribution in [3.05, 3.63) is 29.3 Å². The molecular formula is C12H17ClN2. The predicted molar refractivity (Wildman–Crippen MR) is 65.6 cm³/mol. The Hall–Kier alpha value is -0.730. The van der Waals surface area contributed by atoms with E-state index in [1.54, 1.807) is 0 Å². The van der Waals surface area contributed by atoms with Crippen LogP contribution < -0.4 is 10.6 Å². The predicted octanol–water partition coefficient (Wildman–Crippen LogP) is 2.89. The molecule has 3 heteroatoms. The molecule has 2 nitrogen and oxygen atoms in total. The molecule has 2 rings (SSSR count). The lowest BCUT2D eigenvalue weighted by Crippen LogP contribution is -2.45. The Balaban J connectivity index is 1.82. The summed E-state index contributed by atoms with van der Waals surface area (Å²) in [7, 11) is 0. The highest BCUT2D eigenvalue weighted by Gasteiger charge is 2.18. The zero-order valence-electron chi connectivity index (χ0n) is 8.96. The van der Waals surface area contributed by atoms with Gasteiger partial charge in [-0.25, -0.2) is 0 Å². The van der Waals surface area contributed by atoms with Crippen LogP contribution >= 0.6 is 11.6 Å². The van der Waals surface area contributed by atoms with E-state index in [9.17, 15) is 0 Å². The van der Waals surface area contributed by atoms with Gasteiger partial charge >= 0.3 is 0 Å². The van der Waals surface area contributed by atoms with Gasteiger partial charge in [0.1, 0.15) is 0 Å². The van der Waals surface area contributed by atoms with Crippen LogP contribution in [-0.2, 0) is 0 Å². The van der Waals surface area contributed by atoms with E-state index >= 15 is 0 Å². The maximum Gasteiger partial charge on any atom is 0.0407 e. The van der Waals surface area contributed by atoms with Crippen LogP contribution in [0.3, 0.4) is 0 Å². The third-order valence-corrected chi connectivity index (χ3v) is 3.07. The van der Waals surface area contributed by atoms with Crippen LogP contribution in [0.25, 0.3) is 0 Å². The van der Waals surface area contributed by atoms with E-state index in [1.165, 1.54) is 19.4 Å². The Morgan fingerprint density at radius 1 is 1.47 bits per heavy atom. The Bertz CT molecular complexity index is 306. The second kappa shape index (κ2) is 4.86. The highest BCUT2D eigenvalue weighted by molar-refractivity contribution is 6.30. The van der Waals surface area contributed by atoms with E-state index in [1.807, 2.05) is 24.3 Å². The van der Waals surface area contributed by atoms with E-state index in [0.717, 1.165) is 10.7 Å². The van der Waals surface area contributed by atoms with E-state index < -0.39 is 0 Å². The van der Waals surface area contributed by atoms with Crippen molar-refractivity contribution in [2.45, 2.75) is 31.8 Å². The summed E-state index contributed by atoms with van der Waals surface area (Å²) in [5.41, 5.74) is 1.14. The monoisotopic (exact) mass is 224 g/mol. The van der Waals surface area contributed by atoms with E-state index in [2.05, 4.69) is 17.6 Å². The van der Waals surface area contributed by atoms with Crippen molar-refractivity contribution < 1.29 is 0 Å². The van der Waals surface area contributed by atoms with Crippen molar-refractivity contribution in [1.82, 2.24) is 5.32 Å². The van der Waals surface area contributed by atoms with Gasteiger partial charge in [-0.3, -0.25) is 0 Å². The number of rotatable bonds is 4. The number of benzene rings is 1. The van der Waals surface area contributed by atoms with Gasteiger partial charge in [0.25, 0.3) is 0 Å². The van der Waals surface area contributed by atoms with Crippen LogP contribution in [0.15, 0.2) is 24.3 Å². The third-order valence-electron chi connectivity index (χ3n) is 2.82. The summed E-state index contributed by atoms with van der Waals surface area (Å²) in [5, 5.41) is 7.67. The molecule has 0 aromatic heterocycles. The van der Waals surface area contributed by atoms with Crippen LogP contribution in [0.5, 0.6) is 0 Å². The number of nitrogens with one attached hydrogen (secondary N) is 2. The second-order valence-corrected chi connectivity index (χ2v) is 4.66. The number of hydrogen-bond acceptors (Lipinski definition) is 2. The van der Waals surface area contributed by atoms with E-state index in [0.29, 0.717) is 12.1 Å². The standard InChI is InChI=1S/C12H17ClN2/c1-9(8-12-6-7-14-12)15-11-4-2-10(13)3-5-11/h2-5,9,12,14-15H,6-8H2,1H3/t9-,12?/m0/s1. The van der Waals surface area contributed by atoms with Gasteiger partial charge in [0.15, 0.2) is 0 Å². The normalized spacial score (nSPS) is 21.9. The molecule has 0 saturated carbocycles. The summed E-state index contributed by atoms with van der Waals surface area (Å²) in [6.07, 6.45) is 2.50. The molecule has 1 aromatic rings. The molecular weight excluding hydrogens is 208 g/mol. The lowest BCUT2D eigenvalue weighted by atomic mass is 9.99. The summed E-state index contributed by atoms with van der Waals surface area (Å²) in [4.78, 5) is 0. The molecule has 1 unspecified atom stereocenters. The molecule has 2 N–H and O–H groups in total. The topological polar surface area (TPSA) is 24.1 Å². The molecule has 0 aliphatic carbocycles. The second-order valence-electron chi connectivity index (χ2n) is 4.23. The van der Waals surface area contributed by atoms with Crippen molar-refractivity contribution >= 4 is 17.3 Å². The largest absolute Gasteiger partial charge is 0.383 e. The highest BCUT2D eigenvalue weighted by Crippen LogP contribution is 2.17. The smallest absolute Gasteiger partial charge is 0.0407 e. The molecule has 0 bridgehead atoms. The zero-order valence-corrected chi connectivity index (χ0v) is 9.72. The molecule has 0 amide bonds. The fourth-order valence-corrected chi connectivity index (χ4v) is 1.99. The number of anilines is 1. The molecule has 1 heterocycles. The fourth-order valence-electron chi connectivity index (χ4n) is 1.87. The van der Waals surface area contributed by atoms with Gasteiger partial charge in [-0.15, -0.1) is 0 Å². The van der Waals surface area contributed by atoms with Crippen LogP contribution in [0, 0.1) is 0 Å². The number of halogens is 1. The van der Waals surface area contributed by atoms with E-state index in [4.69, 9.17) is 11.6 Å². The van der Waals surface area contributed by atoms with Crippen LogP contribution in [0.4, 0.5) is 5.69 Å². The van der Waals surface area contributed by atoms with Crippen molar-refractivity contribution in [3.8, 4) is 0 Å². The molecule has 1 aromatic carbocycles. The van der Waals surface area contributed by atoms with Crippen molar-refractivity contribution in [1.29, 1.82) is 0 Å². The molecule has 0 spiro atoms. The van der Waals surface area contributed by atoms with Gasteiger partial charge in [0.05, 0.1) is 0 Å². The Morgan fingerprint density at radius 2 is 2.13 bits per heavy atom. The Morgan fingerprint density at radius 3 is 2.67 bits per heavy atom. The Kier molecular flexibility index (Phi) is 3.49. The SMILES string of the molecule is C[C@@H](CC1CCN1)Nc1ccc(Cl)cc1. The minimum Gasteiger partial charge on any atom is -0.383 e. The molecule has 2 atom stereocenters. The first-order chi connectivity index (χ1) is 7.24. The first-order valence-corrected chi connectivity index (χ1v) is 5.87. The zero-order chi connectivity index (χ0) is 10.7. The summed E-state index contributed by atoms with van der Waals surface area (Å²) >= 11 is 5.83. The molecule has 0 radical (unpaired) electrons. The minimum atomic E-state index is 0.504. The van der Waals surface area contributed by atoms with E-state index in [-0.39, 0.29) is 0 Å². The van der Waals surface area contributed by atoms with Crippen molar-refractivity contribution in [2.24, 2.45) is 0 Å². The average Bonchev–Trinajstić information content (AvgIpc) is 2.16. The fraction of sp³-hybridized carbons (Fsp3) is 0.500. The molecule has 1 aliphatic rings. The maximum atomic E-state index is 5.83. The van der Waals surface area contributed by atoms with Gasteiger partial charge < -0.3 is 10.6 Å². The Labute approximate surface area is 96.0 Å². The minimum absolute atomic E-state index is 0.504. The van der Waals surface area contributed by atoms with Gasteiger partial charge in [-0.05, 0) is 50.6 Å².